The molecule has 2 rings (SSSR count). The van der Waals surface area contributed by atoms with E-state index in [-0.39, 0.29) is 5.91 Å². The van der Waals surface area contributed by atoms with Crippen molar-refractivity contribution in [2.24, 2.45) is 0 Å². The average Bonchev–Trinajstić information content (AvgIpc) is 2.65. The normalized spacial score (nSPS) is 14.0. The second-order valence-electron chi connectivity index (χ2n) is 7.08. The minimum atomic E-state index is 0.0769. The molecule has 0 fully saturated rings. The molecule has 1 aromatic carbocycles. The summed E-state index contributed by atoms with van der Waals surface area (Å²) in [7, 11) is 0. The van der Waals surface area contributed by atoms with E-state index in [9.17, 15) is 4.79 Å². The number of hydrogen-bond donors (Lipinski definition) is 2. The van der Waals surface area contributed by atoms with Crippen LogP contribution >= 0.6 is 0 Å². The summed E-state index contributed by atoms with van der Waals surface area (Å²) in [5.41, 5.74) is 4.82. The number of carbonyl (C=O) groups excluding carboxylic acids is 1. The summed E-state index contributed by atoms with van der Waals surface area (Å²) in [4.78, 5) is 14.5. The van der Waals surface area contributed by atoms with Crippen molar-refractivity contribution in [1.82, 2.24) is 5.32 Å². The zero-order chi connectivity index (χ0) is 18.8. The lowest BCUT2D eigenvalue weighted by atomic mass is 9.97. The Bertz CT molecular complexity index is 605. The lowest BCUT2D eigenvalue weighted by molar-refractivity contribution is -0.116. The van der Waals surface area contributed by atoms with Crippen molar-refractivity contribution in [2.75, 3.05) is 36.4 Å². The number of benzene rings is 1. The summed E-state index contributed by atoms with van der Waals surface area (Å²) in [6.07, 6.45) is 9.19. The molecular formula is C22H35N3O. The Kier molecular flexibility index (Phi) is 8.69. The third-order valence-electron chi connectivity index (χ3n) is 5.15. The molecule has 0 heterocycles. The maximum Gasteiger partial charge on any atom is 0.225 e. The molecular weight excluding hydrogens is 322 g/mol. The van der Waals surface area contributed by atoms with Crippen molar-refractivity contribution in [1.29, 1.82) is 0 Å². The predicted octanol–water partition coefficient (Wildman–Crippen LogP) is 4.65. The van der Waals surface area contributed by atoms with E-state index in [4.69, 9.17) is 0 Å². The van der Waals surface area contributed by atoms with Gasteiger partial charge in [0.25, 0.3) is 0 Å². The Morgan fingerprint density at radius 1 is 1.15 bits per heavy atom. The van der Waals surface area contributed by atoms with Crippen molar-refractivity contribution in [3.05, 3.63) is 35.4 Å². The molecule has 1 aromatic rings. The maximum absolute atomic E-state index is 12.2. The van der Waals surface area contributed by atoms with Gasteiger partial charge in [0.1, 0.15) is 0 Å². The Morgan fingerprint density at radius 3 is 2.62 bits per heavy atom. The third-order valence-corrected chi connectivity index (χ3v) is 5.15. The second kappa shape index (κ2) is 11.0. The quantitative estimate of drug-likeness (QED) is 0.473. The van der Waals surface area contributed by atoms with Crippen LogP contribution in [0, 0.1) is 6.92 Å². The molecule has 1 amide bonds. The van der Waals surface area contributed by atoms with Crippen LogP contribution in [0.2, 0.25) is 0 Å². The van der Waals surface area contributed by atoms with E-state index in [1.165, 1.54) is 31.4 Å². The third kappa shape index (κ3) is 6.49. The van der Waals surface area contributed by atoms with Crippen molar-refractivity contribution >= 4 is 17.3 Å². The van der Waals surface area contributed by atoms with Gasteiger partial charge in [-0.05, 0) is 83.2 Å². The largest absolute Gasteiger partial charge is 0.372 e. The van der Waals surface area contributed by atoms with E-state index in [0.717, 1.165) is 43.9 Å². The fraction of sp³-hybridized carbons (Fsp3) is 0.591. The van der Waals surface area contributed by atoms with Gasteiger partial charge < -0.3 is 15.5 Å². The van der Waals surface area contributed by atoms with E-state index in [0.29, 0.717) is 6.42 Å². The summed E-state index contributed by atoms with van der Waals surface area (Å²) in [6, 6.07) is 6.26. The Hall–Kier alpha value is -1.81. The molecule has 0 saturated carbocycles. The van der Waals surface area contributed by atoms with Crippen molar-refractivity contribution in [2.45, 2.75) is 59.3 Å². The summed E-state index contributed by atoms with van der Waals surface area (Å²) < 4.78 is 0. The van der Waals surface area contributed by atoms with Crippen LogP contribution in [-0.2, 0) is 4.79 Å². The zero-order valence-electron chi connectivity index (χ0n) is 16.7. The van der Waals surface area contributed by atoms with Gasteiger partial charge in [-0.2, -0.15) is 0 Å². The smallest absolute Gasteiger partial charge is 0.225 e. The van der Waals surface area contributed by atoms with Gasteiger partial charge in [0.15, 0.2) is 0 Å². The molecule has 0 bridgehead atoms. The standard InChI is InChI=1S/C22H35N3O/c1-4-25(5-2)20-11-12-21(18(3)17-20)24-22(26)14-16-23-15-13-19-9-7-6-8-10-19/h9,11-12,17,23H,4-8,10,13-16H2,1-3H3,(H,24,26). The first-order chi connectivity index (χ1) is 12.6. The molecule has 0 atom stereocenters. The van der Waals surface area contributed by atoms with Crippen LogP contribution < -0.4 is 15.5 Å². The minimum absolute atomic E-state index is 0.0769. The molecule has 1 aliphatic carbocycles. The molecule has 144 valence electrons. The van der Waals surface area contributed by atoms with Crippen molar-refractivity contribution in [3.63, 3.8) is 0 Å². The maximum atomic E-state index is 12.2. The topological polar surface area (TPSA) is 44.4 Å². The summed E-state index contributed by atoms with van der Waals surface area (Å²) in [5, 5.41) is 6.44. The average molecular weight is 358 g/mol. The van der Waals surface area contributed by atoms with E-state index in [1.807, 2.05) is 6.07 Å². The van der Waals surface area contributed by atoms with Gasteiger partial charge in [-0.3, -0.25) is 4.79 Å². The Morgan fingerprint density at radius 2 is 1.96 bits per heavy atom. The number of amides is 1. The van der Waals surface area contributed by atoms with Gasteiger partial charge in [-0.1, -0.05) is 11.6 Å². The van der Waals surface area contributed by atoms with E-state index in [1.54, 1.807) is 5.57 Å². The van der Waals surface area contributed by atoms with Crippen LogP contribution in [0.15, 0.2) is 29.8 Å². The van der Waals surface area contributed by atoms with Crippen molar-refractivity contribution in [3.8, 4) is 0 Å². The summed E-state index contributed by atoms with van der Waals surface area (Å²) >= 11 is 0. The van der Waals surface area contributed by atoms with Gasteiger partial charge in [-0.15, -0.1) is 0 Å². The number of hydrogen-bond acceptors (Lipinski definition) is 3. The number of nitrogens with zero attached hydrogens (tertiary/aromatic N) is 1. The van der Waals surface area contributed by atoms with Gasteiger partial charge in [-0.25, -0.2) is 0 Å². The number of anilines is 2. The molecule has 4 nitrogen and oxygen atoms in total. The highest BCUT2D eigenvalue weighted by molar-refractivity contribution is 5.91. The highest BCUT2D eigenvalue weighted by Gasteiger charge is 2.08. The van der Waals surface area contributed by atoms with Gasteiger partial charge in [0.2, 0.25) is 5.91 Å². The molecule has 0 saturated heterocycles. The first kappa shape index (κ1) is 20.5. The van der Waals surface area contributed by atoms with E-state index >= 15 is 0 Å². The summed E-state index contributed by atoms with van der Waals surface area (Å²) in [5.74, 6) is 0.0769. The monoisotopic (exact) mass is 357 g/mol. The van der Waals surface area contributed by atoms with Gasteiger partial charge in [0.05, 0.1) is 0 Å². The molecule has 0 unspecified atom stereocenters. The van der Waals surface area contributed by atoms with E-state index < -0.39 is 0 Å². The minimum Gasteiger partial charge on any atom is -0.372 e. The van der Waals surface area contributed by atoms with Gasteiger partial charge in [0, 0.05) is 37.4 Å². The molecule has 2 N–H and O–H groups in total. The summed E-state index contributed by atoms with van der Waals surface area (Å²) in [6.45, 7) is 10.1. The highest BCUT2D eigenvalue weighted by Crippen LogP contribution is 2.23. The Balaban J connectivity index is 1.71. The molecule has 0 aromatic heterocycles. The highest BCUT2D eigenvalue weighted by atomic mass is 16.1. The molecule has 4 heteroatoms. The fourth-order valence-corrected chi connectivity index (χ4v) is 3.49. The predicted molar refractivity (Wildman–Crippen MR) is 112 cm³/mol. The number of aryl methyl sites for hydroxylation is 1. The fourth-order valence-electron chi connectivity index (χ4n) is 3.49. The van der Waals surface area contributed by atoms with Crippen LogP contribution in [0.5, 0.6) is 0 Å². The van der Waals surface area contributed by atoms with Crippen LogP contribution in [0.1, 0.15) is 57.9 Å². The number of nitrogens with one attached hydrogen (secondary N) is 2. The lowest BCUT2D eigenvalue weighted by Gasteiger charge is -2.22. The SMILES string of the molecule is CCN(CC)c1ccc(NC(=O)CCNCCC2=CCCCC2)c(C)c1. The van der Waals surface area contributed by atoms with Crippen LogP contribution in [-0.4, -0.2) is 32.1 Å². The zero-order valence-corrected chi connectivity index (χ0v) is 16.7. The van der Waals surface area contributed by atoms with Crippen LogP contribution in [0.3, 0.4) is 0 Å². The molecule has 0 aliphatic heterocycles. The van der Waals surface area contributed by atoms with Gasteiger partial charge >= 0.3 is 0 Å². The molecule has 0 spiro atoms. The molecule has 26 heavy (non-hydrogen) atoms. The van der Waals surface area contributed by atoms with Crippen LogP contribution in [0.4, 0.5) is 11.4 Å². The van der Waals surface area contributed by atoms with Crippen LogP contribution in [0.25, 0.3) is 0 Å². The lowest BCUT2D eigenvalue weighted by Crippen LogP contribution is -2.24. The van der Waals surface area contributed by atoms with E-state index in [2.05, 4.69) is 54.5 Å². The number of allylic oxidation sites excluding steroid dienone is 1. The molecule has 0 radical (unpaired) electrons. The second-order valence-corrected chi connectivity index (χ2v) is 7.08. The molecule has 1 aliphatic rings. The first-order valence-electron chi connectivity index (χ1n) is 10.2. The first-order valence-corrected chi connectivity index (χ1v) is 10.2. The number of carbonyl (C=O) groups is 1. The Labute approximate surface area is 159 Å². The number of rotatable bonds is 10. The van der Waals surface area contributed by atoms with Crippen molar-refractivity contribution < 1.29 is 4.79 Å².